The van der Waals surface area contributed by atoms with Gasteiger partial charge in [-0.1, -0.05) is 29.8 Å². The van der Waals surface area contributed by atoms with E-state index in [4.69, 9.17) is 14.9 Å². The van der Waals surface area contributed by atoms with Gasteiger partial charge in [0, 0.05) is 30.8 Å². The predicted octanol–water partition coefficient (Wildman–Crippen LogP) is 4.00. The molecule has 1 unspecified atom stereocenters. The van der Waals surface area contributed by atoms with E-state index >= 15 is 0 Å². The van der Waals surface area contributed by atoms with Crippen LogP contribution in [0.4, 0.5) is 5.69 Å². The lowest BCUT2D eigenvalue weighted by molar-refractivity contribution is -0.134. The summed E-state index contributed by atoms with van der Waals surface area (Å²) >= 11 is 0. The van der Waals surface area contributed by atoms with E-state index in [0.29, 0.717) is 18.2 Å². The van der Waals surface area contributed by atoms with Crippen LogP contribution in [0.5, 0.6) is 11.5 Å². The van der Waals surface area contributed by atoms with Crippen LogP contribution in [-0.2, 0) is 9.59 Å². The Bertz CT molecular complexity index is 985. The molecular formula is C24H28N2O5. The second kappa shape index (κ2) is 9.66. The molecule has 7 nitrogen and oxygen atoms in total. The van der Waals surface area contributed by atoms with Crippen LogP contribution < -0.4 is 9.64 Å². The third kappa shape index (κ3) is 5.44. The Labute approximate surface area is 182 Å². The molecule has 2 aromatic rings. The first-order chi connectivity index (χ1) is 14.8. The molecule has 0 aliphatic carbocycles. The van der Waals surface area contributed by atoms with Crippen LogP contribution in [-0.4, -0.2) is 53.7 Å². The smallest absolute Gasteiger partial charge is 0.328 e. The number of nitrogens with zero attached hydrogens (tertiary/aromatic N) is 2. The Morgan fingerprint density at radius 2 is 1.74 bits per heavy atom. The van der Waals surface area contributed by atoms with Crippen molar-refractivity contribution in [2.75, 3.05) is 31.6 Å². The molecule has 0 aromatic heterocycles. The number of ether oxygens (including phenoxy) is 1. The molecule has 2 aromatic carbocycles. The highest BCUT2D eigenvalue weighted by Crippen LogP contribution is 2.46. The Hall–Kier alpha value is -3.32. The first kappa shape index (κ1) is 22.4. The SMILES string of the molecule is Cc1cc(C)c2c(c1)C1CN(C)CCCN1c1ccccc1O2.O=C(O)C=CC(=O)O. The zero-order valence-corrected chi connectivity index (χ0v) is 18.0. The molecule has 1 atom stereocenters. The molecule has 7 heteroatoms. The Kier molecular flexibility index (Phi) is 6.97. The summed E-state index contributed by atoms with van der Waals surface area (Å²) in [5.74, 6) is -0.488. The van der Waals surface area contributed by atoms with Crippen LogP contribution >= 0.6 is 0 Å². The van der Waals surface area contributed by atoms with Gasteiger partial charge in [-0.3, -0.25) is 0 Å². The van der Waals surface area contributed by atoms with Crippen molar-refractivity contribution in [1.82, 2.24) is 4.90 Å². The highest BCUT2D eigenvalue weighted by Gasteiger charge is 2.32. The number of carboxylic acid groups (broad SMARTS) is 2. The molecular weight excluding hydrogens is 396 g/mol. The second-order valence-electron chi connectivity index (χ2n) is 7.90. The van der Waals surface area contributed by atoms with Crippen molar-refractivity contribution < 1.29 is 24.5 Å². The average Bonchev–Trinajstić information content (AvgIpc) is 2.97. The minimum Gasteiger partial charge on any atom is -0.478 e. The molecule has 1 fully saturated rings. The minimum absolute atomic E-state index is 0.347. The average molecular weight is 424 g/mol. The predicted molar refractivity (Wildman–Crippen MR) is 119 cm³/mol. The largest absolute Gasteiger partial charge is 0.478 e. The number of hydrogen-bond donors (Lipinski definition) is 2. The van der Waals surface area contributed by atoms with Gasteiger partial charge in [-0.2, -0.15) is 0 Å². The fourth-order valence-electron chi connectivity index (χ4n) is 4.11. The number of likely N-dealkylation sites (N-methyl/N-ethyl adjacent to an activating group) is 1. The highest BCUT2D eigenvalue weighted by molar-refractivity contribution is 5.89. The van der Waals surface area contributed by atoms with Gasteiger partial charge in [-0.05, 0) is 51.6 Å². The summed E-state index contributed by atoms with van der Waals surface area (Å²) in [7, 11) is 2.23. The number of aliphatic carboxylic acids is 2. The third-order valence-electron chi connectivity index (χ3n) is 5.36. The second-order valence-corrected chi connectivity index (χ2v) is 7.90. The van der Waals surface area contributed by atoms with Crippen LogP contribution in [0.15, 0.2) is 48.6 Å². The van der Waals surface area contributed by atoms with Gasteiger partial charge in [0.05, 0.1) is 11.7 Å². The summed E-state index contributed by atoms with van der Waals surface area (Å²) in [4.78, 5) is 24.1. The summed E-state index contributed by atoms with van der Waals surface area (Å²) in [5, 5.41) is 15.6. The first-order valence-electron chi connectivity index (χ1n) is 10.2. The van der Waals surface area contributed by atoms with Gasteiger partial charge in [0.2, 0.25) is 0 Å². The fourth-order valence-corrected chi connectivity index (χ4v) is 4.11. The van der Waals surface area contributed by atoms with Gasteiger partial charge < -0.3 is 24.7 Å². The molecule has 1 saturated heterocycles. The number of fused-ring (bicyclic) bond motifs is 5. The third-order valence-corrected chi connectivity index (χ3v) is 5.36. The minimum atomic E-state index is -1.26. The van der Waals surface area contributed by atoms with Gasteiger partial charge in [0.15, 0.2) is 5.75 Å². The lowest BCUT2D eigenvalue weighted by Crippen LogP contribution is -2.32. The molecule has 31 heavy (non-hydrogen) atoms. The van der Waals surface area contributed by atoms with Crippen LogP contribution in [0, 0.1) is 13.8 Å². The molecule has 164 valence electrons. The first-order valence-corrected chi connectivity index (χ1v) is 10.2. The normalized spacial score (nSPS) is 17.8. The molecule has 2 heterocycles. The molecule has 0 radical (unpaired) electrons. The number of benzene rings is 2. The molecule has 0 bridgehead atoms. The van der Waals surface area contributed by atoms with E-state index in [1.54, 1.807) is 0 Å². The van der Waals surface area contributed by atoms with Crippen molar-refractivity contribution in [3.63, 3.8) is 0 Å². The van der Waals surface area contributed by atoms with E-state index in [-0.39, 0.29) is 0 Å². The van der Waals surface area contributed by atoms with Gasteiger partial charge >= 0.3 is 11.9 Å². The Morgan fingerprint density at radius 3 is 2.42 bits per heavy atom. The van der Waals surface area contributed by atoms with Gasteiger partial charge in [0.1, 0.15) is 5.75 Å². The van der Waals surface area contributed by atoms with Crippen molar-refractivity contribution in [2.24, 2.45) is 0 Å². The van der Waals surface area contributed by atoms with Crippen molar-refractivity contribution in [2.45, 2.75) is 26.3 Å². The van der Waals surface area contributed by atoms with Crippen molar-refractivity contribution >= 4 is 17.6 Å². The summed E-state index contributed by atoms with van der Waals surface area (Å²) < 4.78 is 6.40. The molecule has 0 saturated carbocycles. The summed E-state index contributed by atoms with van der Waals surface area (Å²) in [6.07, 6.45) is 2.30. The van der Waals surface area contributed by atoms with E-state index in [0.717, 1.165) is 31.1 Å². The highest BCUT2D eigenvalue weighted by atomic mass is 16.5. The maximum absolute atomic E-state index is 9.55. The Balaban J connectivity index is 0.000000293. The molecule has 0 spiro atoms. The summed E-state index contributed by atoms with van der Waals surface area (Å²) in [6, 6.07) is 13.3. The van der Waals surface area contributed by atoms with Gasteiger partial charge in [0.25, 0.3) is 0 Å². The maximum atomic E-state index is 9.55. The van der Waals surface area contributed by atoms with E-state index in [2.05, 4.69) is 67.1 Å². The van der Waals surface area contributed by atoms with Crippen molar-refractivity contribution in [1.29, 1.82) is 0 Å². The van der Waals surface area contributed by atoms with E-state index in [9.17, 15) is 9.59 Å². The zero-order valence-electron chi connectivity index (χ0n) is 18.0. The number of carboxylic acids is 2. The van der Waals surface area contributed by atoms with Crippen LogP contribution in [0.1, 0.15) is 29.2 Å². The van der Waals surface area contributed by atoms with Crippen LogP contribution in [0.25, 0.3) is 0 Å². The Morgan fingerprint density at radius 1 is 1.06 bits per heavy atom. The molecule has 2 aliphatic rings. The number of anilines is 1. The summed E-state index contributed by atoms with van der Waals surface area (Å²) in [6.45, 7) is 7.59. The topological polar surface area (TPSA) is 90.3 Å². The van der Waals surface area contributed by atoms with Crippen LogP contribution in [0.2, 0.25) is 0 Å². The lowest BCUT2D eigenvalue weighted by atomic mass is 9.98. The fraction of sp³-hybridized carbons (Fsp3) is 0.333. The van der Waals surface area contributed by atoms with Crippen molar-refractivity contribution in [3.05, 3.63) is 65.2 Å². The van der Waals surface area contributed by atoms with E-state index < -0.39 is 11.9 Å². The molecule has 4 rings (SSSR count). The van der Waals surface area contributed by atoms with E-state index in [1.807, 2.05) is 0 Å². The number of aryl methyl sites for hydroxylation is 2. The monoisotopic (exact) mass is 424 g/mol. The summed E-state index contributed by atoms with van der Waals surface area (Å²) in [5.41, 5.74) is 5.08. The maximum Gasteiger partial charge on any atom is 0.328 e. The number of carbonyl (C=O) groups is 2. The number of rotatable bonds is 2. The van der Waals surface area contributed by atoms with E-state index in [1.165, 1.54) is 28.8 Å². The molecule has 2 aliphatic heterocycles. The van der Waals surface area contributed by atoms with Crippen LogP contribution in [0.3, 0.4) is 0 Å². The quantitative estimate of drug-likeness (QED) is 0.704. The molecule has 0 amide bonds. The number of para-hydroxylation sites is 2. The standard InChI is InChI=1S/C20H24N2O.C4H4O4/c1-14-11-15(2)20-16(12-14)18-13-21(3)9-6-10-22(18)17-7-4-5-8-19(17)23-20;5-3(6)1-2-4(7)8/h4-5,7-8,11-12,18H,6,9-10,13H2,1-3H3;1-2H,(H,5,6)(H,7,8). The van der Waals surface area contributed by atoms with Gasteiger partial charge in [-0.15, -0.1) is 0 Å². The number of hydrogen-bond acceptors (Lipinski definition) is 5. The zero-order chi connectivity index (χ0) is 22.5. The van der Waals surface area contributed by atoms with Gasteiger partial charge in [-0.25, -0.2) is 9.59 Å². The van der Waals surface area contributed by atoms with Crippen molar-refractivity contribution in [3.8, 4) is 11.5 Å². The lowest BCUT2D eigenvalue weighted by Gasteiger charge is -2.32. The molecule has 2 N–H and O–H groups in total.